The maximum atomic E-state index is 10.5. The standard InChI is InChI=1S/C10H19NO4S2.Ba.2H/c1-16-7(3-9(12)13)5-11-6-8(17-2)4-10(14)15;;;/h7-8,11H,3-6H2,1-2H3,(H,12,13)(H,14,15);;;. The topological polar surface area (TPSA) is 86.6 Å². The number of carboxylic acid groups (broad SMARTS) is 2. The molecular formula is C10H21BaNO4S2. The number of carboxylic acids is 2. The van der Waals surface area contributed by atoms with E-state index in [2.05, 4.69) is 5.32 Å². The van der Waals surface area contributed by atoms with Gasteiger partial charge >= 0.3 is 60.8 Å². The van der Waals surface area contributed by atoms with E-state index in [9.17, 15) is 9.59 Å². The molecule has 0 rings (SSSR count). The molecule has 3 N–H and O–H groups in total. The molecule has 0 saturated carbocycles. The van der Waals surface area contributed by atoms with Crippen LogP contribution in [-0.2, 0) is 9.59 Å². The average molecular weight is 421 g/mol. The molecule has 0 aliphatic rings. The van der Waals surface area contributed by atoms with Gasteiger partial charge in [-0.2, -0.15) is 23.5 Å². The Bertz CT molecular complexity index is 232. The van der Waals surface area contributed by atoms with Gasteiger partial charge in [0.25, 0.3) is 0 Å². The van der Waals surface area contributed by atoms with E-state index in [0.717, 1.165) is 0 Å². The number of hydrogen-bond donors (Lipinski definition) is 3. The zero-order valence-corrected chi connectivity index (χ0v) is 11.6. The Hall–Kier alpha value is 1.17. The summed E-state index contributed by atoms with van der Waals surface area (Å²) < 4.78 is 0. The van der Waals surface area contributed by atoms with Crippen molar-refractivity contribution in [2.75, 3.05) is 25.6 Å². The summed E-state index contributed by atoms with van der Waals surface area (Å²) in [5.41, 5.74) is 0. The Balaban J connectivity index is 0. The van der Waals surface area contributed by atoms with Gasteiger partial charge in [-0.3, -0.25) is 9.59 Å². The number of thioether (sulfide) groups is 2. The van der Waals surface area contributed by atoms with Gasteiger partial charge in [0.1, 0.15) is 0 Å². The number of carbonyl (C=O) groups is 2. The fourth-order valence-corrected chi connectivity index (χ4v) is 2.46. The fourth-order valence-electron chi connectivity index (χ4n) is 1.27. The molecule has 0 fully saturated rings. The van der Waals surface area contributed by atoms with Crippen LogP contribution in [0.4, 0.5) is 0 Å². The Morgan fingerprint density at radius 2 is 1.33 bits per heavy atom. The molecule has 0 aliphatic carbocycles. The molecule has 0 aliphatic heterocycles. The van der Waals surface area contributed by atoms with Crippen LogP contribution in [0.15, 0.2) is 0 Å². The molecule has 8 heteroatoms. The molecule has 5 nitrogen and oxygen atoms in total. The van der Waals surface area contributed by atoms with Gasteiger partial charge in [0, 0.05) is 23.6 Å². The second-order valence-electron chi connectivity index (χ2n) is 3.57. The van der Waals surface area contributed by atoms with Crippen molar-refractivity contribution in [3.8, 4) is 0 Å². The molecule has 0 bridgehead atoms. The van der Waals surface area contributed by atoms with Crippen LogP contribution in [0.25, 0.3) is 0 Å². The molecule has 0 spiro atoms. The van der Waals surface area contributed by atoms with Crippen molar-refractivity contribution in [1.29, 1.82) is 0 Å². The minimum atomic E-state index is -0.807. The maximum absolute atomic E-state index is 10.5. The van der Waals surface area contributed by atoms with Crippen molar-refractivity contribution >= 4 is 84.3 Å². The predicted molar refractivity (Wildman–Crippen MR) is 80.5 cm³/mol. The van der Waals surface area contributed by atoms with Gasteiger partial charge in [0.2, 0.25) is 0 Å². The molecule has 0 aromatic rings. The first-order chi connectivity index (χ1) is 7.99. The molecule has 0 saturated heterocycles. The predicted octanol–water partition coefficient (Wildman–Crippen LogP) is 0.0724. The number of hydrogen-bond acceptors (Lipinski definition) is 5. The number of aliphatic carboxylic acids is 2. The van der Waals surface area contributed by atoms with E-state index in [1.54, 1.807) is 0 Å². The van der Waals surface area contributed by atoms with E-state index in [1.165, 1.54) is 23.5 Å². The molecule has 0 aromatic heterocycles. The first-order valence-electron chi connectivity index (χ1n) is 5.19. The van der Waals surface area contributed by atoms with E-state index in [-0.39, 0.29) is 72.2 Å². The molecule has 0 aromatic carbocycles. The molecule has 2 unspecified atom stereocenters. The van der Waals surface area contributed by atoms with Gasteiger partial charge in [-0.25, -0.2) is 0 Å². The summed E-state index contributed by atoms with van der Waals surface area (Å²) in [5, 5.41) is 20.5. The Labute approximate surface area is 156 Å². The molecule has 0 amide bonds. The van der Waals surface area contributed by atoms with Crippen molar-refractivity contribution in [2.45, 2.75) is 23.3 Å². The Kier molecular flexibility index (Phi) is 15.7. The van der Waals surface area contributed by atoms with E-state index in [1.807, 2.05) is 12.5 Å². The van der Waals surface area contributed by atoms with Crippen LogP contribution in [0.2, 0.25) is 0 Å². The van der Waals surface area contributed by atoms with E-state index in [0.29, 0.717) is 13.1 Å². The summed E-state index contributed by atoms with van der Waals surface area (Å²) in [6, 6.07) is 0. The second-order valence-corrected chi connectivity index (χ2v) is 5.85. The SMILES string of the molecule is CSC(CNCC(CC(=O)O)SC)CC(=O)O.[BaH2]. The van der Waals surface area contributed by atoms with Crippen molar-refractivity contribution in [3.63, 3.8) is 0 Å². The van der Waals surface area contributed by atoms with Crippen LogP contribution in [-0.4, -0.2) is 107 Å². The third kappa shape index (κ3) is 12.2. The summed E-state index contributed by atoms with van der Waals surface area (Å²) in [5.74, 6) is -1.61. The van der Waals surface area contributed by atoms with Crippen LogP contribution < -0.4 is 5.32 Å². The third-order valence-corrected chi connectivity index (χ3v) is 4.22. The fraction of sp³-hybridized carbons (Fsp3) is 0.800. The van der Waals surface area contributed by atoms with E-state index < -0.39 is 11.9 Å². The van der Waals surface area contributed by atoms with Crippen molar-refractivity contribution in [3.05, 3.63) is 0 Å². The van der Waals surface area contributed by atoms with Gasteiger partial charge < -0.3 is 15.5 Å². The van der Waals surface area contributed by atoms with Crippen LogP contribution in [0, 0.1) is 0 Å². The number of nitrogens with one attached hydrogen (secondary N) is 1. The van der Waals surface area contributed by atoms with Crippen LogP contribution in [0.1, 0.15) is 12.8 Å². The summed E-state index contributed by atoms with van der Waals surface area (Å²) in [4.78, 5) is 21.1. The normalized spacial score (nSPS) is 13.4. The minimum absolute atomic E-state index is 0. The van der Waals surface area contributed by atoms with Gasteiger partial charge in [0.05, 0.1) is 12.8 Å². The Morgan fingerprint density at radius 1 is 1.00 bits per heavy atom. The quantitative estimate of drug-likeness (QED) is 0.431. The third-order valence-electron chi connectivity index (χ3n) is 2.22. The van der Waals surface area contributed by atoms with Crippen molar-refractivity contribution in [2.24, 2.45) is 0 Å². The second kappa shape index (κ2) is 13.2. The zero-order valence-electron chi connectivity index (χ0n) is 10.0. The number of rotatable bonds is 10. The molecule has 104 valence electrons. The Morgan fingerprint density at radius 3 is 1.56 bits per heavy atom. The van der Waals surface area contributed by atoms with Crippen LogP contribution >= 0.6 is 23.5 Å². The average Bonchev–Trinajstić information content (AvgIpc) is 2.25. The summed E-state index contributed by atoms with van der Waals surface area (Å²) >= 11 is 3.01. The van der Waals surface area contributed by atoms with Gasteiger partial charge in [-0.1, -0.05) is 0 Å². The van der Waals surface area contributed by atoms with Crippen molar-refractivity contribution < 1.29 is 19.8 Å². The summed E-state index contributed by atoms with van der Waals surface area (Å²) in [6.07, 6.45) is 3.99. The van der Waals surface area contributed by atoms with Crippen LogP contribution in [0.5, 0.6) is 0 Å². The van der Waals surface area contributed by atoms with Gasteiger partial charge in [-0.15, -0.1) is 0 Å². The van der Waals surface area contributed by atoms with Crippen molar-refractivity contribution in [1.82, 2.24) is 5.32 Å². The van der Waals surface area contributed by atoms with Gasteiger partial charge in [-0.05, 0) is 12.5 Å². The molecule has 0 heterocycles. The first kappa shape index (κ1) is 21.5. The molecule has 18 heavy (non-hydrogen) atoms. The molecule has 0 radical (unpaired) electrons. The summed E-state index contributed by atoms with van der Waals surface area (Å²) in [7, 11) is 0. The van der Waals surface area contributed by atoms with Crippen LogP contribution in [0.3, 0.4) is 0 Å². The zero-order chi connectivity index (χ0) is 13.3. The molecular weight excluding hydrogens is 400 g/mol. The summed E-state index contributed by atoms with van der Waals surface area (Å²) in [6.45, 7) is 1.17. The van der Waals surface area contributed by atoms with Gasteiger partial charge in [0.15, 0.2) is 0 Å². The monoisotopic (exact) mass is 421 g/mol. The van der Waals surface area contributed by atoms with E-state index in [4.69, 9.17) is 10.2 Å². The molecule has 2 atom stereocenters. The van der Waals surface area contributed by atoms with E-state index >= 15 is 0 Å². The first-order valence-corrected chi connectivity index (χ1v) is 7.77.